The first kappa shape index (κ1) is 13.9. The van der Waals surface area contributed by atoms with Gasteiger partial charge in [0, 0.05) is 36.7 Å². The second-order valence-corrected chi connectivity index (χ2v) is 6.41. The maximum Gasteiger partial charge on any atom is 0.237 e. The number of fused-ring (bicyclic) bond motifs is 3. The van der Waals surface area contributed by atoms with Gasteiger partial charge in [-0.3, -0.25) is 4.79 Å². The average molecular weight is 318 g/mol. The van der Waals surface area contributed by atoms with Gasteiger partial charge < -0.3 is 9.64 Å². The van der Waals surface area contributed by atoms with E-state index >= 15 is 0 Å². The smallest absolute Gasteiger partial charge is 0.237 e. The summed E-state index contributed by atoms with van der Waals surface area (Å²) in [4.78, 5) is 14.7. The van der Waals surface area contributed by atoms with E-state index in [1.807, 2.05) is 26.1 Å². The monoisotopic (exact) mass is 317 g/mol. The summed E-state index contributed by atoms with van der Waals surface area (Å²) in [6.45, 7) is 3.12. The summed E-state index contributed by atoms with van der Waals surface area (Å²) in [6, 6.07) is 4.05. The number of likely N-dealkylation sites (N-methyl/N-ethyl adjacent to an activating group) is 1. The largest absolute Gasteiger partial charge is 0.381 e. The Morgan fingerprint density at radius 3 is 2.68 bits per heavy atom. The summed E-state index contributed by atoms with van der Waals surface area (Å²) < 4.78 is 5.47. The van der Waals surface area contributed by atoms with Gasteiger partial charge in [0.15, 0.2) is 5.15 Å². The first-order valence-electron chi connectivity index (χ1n) is 7.37. The molecule has 2 aromatic rings. The van der Waals surface area contributed by atoms with E-state index in [-0.39, 0.29) is 5.91 Å². The SMILES string of the molecule is Cc1nnc(Cl)c2cc3c(cc12)N(C)C(=O)C31CCOCC1. The van der Waals surface area contributed by atoms with Crippen molar-refractivity contribution in [2.45, 2.75) is 25.2 Å². The second-order valence-electron chi connectivity index (χ2n) is 6.05. The minimum absolute atomic E-state index is 0.149. The van der Waals surface area contributed by atoms with E-state index in [0.717, 1.165) is 27.7 Å². The fraction of sp³-hybridized carbons (Fsp3) is 0.438. The van der Waals surface area contributed by atoms with Gasteiger partial charge in [0.1, 0.15) is 0 Å². The predicted molar refractivity (Wildman–Crippen MR) is 84.4 cm³/mol. The molecule has 0 unspecified atom stereocenters. The lowest BCUT2D eigenvalue weighted by Gasteiger charge is -2.32. The van der Waals surface area contributed by atoms with Gasteiger partial charge in [0.2, 0.25) is 5.91 Å². The van der Waals surface area contributed by atoms with E-state index in [2.05, 4.69) is 10.2 Å². The molecule has 114 valence electrons. The Morgan fingerprint density at radius 2 is 1.95 bits per heavy atom. The van der Waals surface area contributed by atoms with Crippen LogP contribution in [-0.4, -0.2) is 36.4 Å². The number of amides is 1. The molecule has 0 atom stereocenters. The highest BCUT2D eigenvalue weighted by Gasteiger charge is 2.50. The first-order chi connectivity index (χ1) is 10.5. The molecule has 0 bridgehead atoms. The van der Waals surface area contributed by atoms with Crippen LogP contribution in [0.1, 0.15) is 24.1 Å². The Balaban J connectivity index is 2.04. The highest BCUT2D eigenvalue weighted by atomic mass is 35.5. The van der Waals surface area contributed by atoms with Crippen molar-refractivity contribution < 1.29 is 9.53 Å². The van der Waals surface area contributed by atoms with Crippen LogP contribution >= 0.6 is 11.6 Å². The quantitative estimate of drug-likeness (QED) is 0.749. The van der Waals surface area contributed by atoms with Gasteiger partial charge in [-0.05, 0) is 37.5 Å². The topological polar surface area (TPSA) is 55.3 Å². The lowest BCUT2D eigenvalue weighted by Crippen LogP contribution is -2.42. The van der Waals surface area contributed by atoms with Crippen LogP contribution in [0.15, 0.2) is 12.1 Å². The van der Waals surface area contributed by atoms with Crippen molar-refractivity contribution in [2.75, 3.05) is 25.2 Å². The number of aryl methyl sites for hydroxylation is 1. The van der Waals surface area contributed by atoms with E-state index in [1.165, 1.54) is 0 Å². The van der Waals surface area contributed by atoms with Crippen molar-refractivity contribution in [1.82, 2.24) is 10.2 Å². The van der Waals surface area contributed by atoms with Crippen molar-refractivity contribution in [3.05, 3.63) is 28.5 Å². The number of carbonyl (C=O) groups excluding carboxylic acids is 1. The van der Waals surface area contributed by atoms with Crippen molar-refractivity contribution in [3.63, 3.8) is 0 Å². The average Bonchev–Trinajstić information content (AvgIpc) is 2.73. The molecule has 1 saturated heterocycles. The number of anilines is 1. The Hall–Kier alpha value is -1.72. The zero-order valence-corrected chi connectivity index (χ0v) is 13.3. The van der Waals surface area contributed by atoms with Gasteiger partial charge in [0.05, 0.1) is 11.1 Å². The van der Waals surface area contributed by atoms with Crippen molar-refractivity contribution in [3.8, 4) is 0 Å². The molecule has 1 amide bonds. The normalized spacial score (nSPS) is 20.0. The molecular formula is C16H16ClN3O2. The summed E-state index contributed by atoms with van der Waals surface area (Å²) in [5, 5.41) is 10.3. The van der Waals surface area contributed by atoms with Crippen LogP contribution in [0.4, 0.5) is 5.69 Å². The maximum atomic E-state index is 12.9. The zero-order valence-electron chi connectivity index (χ0n) is 12.5. The Bertz CT molecular complexity index is 800. The van der Waals surface area contributed by atoms with Crippen LogP contribution in [0, 0.1) is 6.92 Å². The Morgan fingerprint density at radius 1 is 1.23 bits per heavy atom. The van der Waals surface area contributed by atoms with Gasteiger partial charge in [-0.25, -0.2) is 0 Å². The standard InChI is InChI=1S/C16H16ClN3O2/c1-9-10-8-13-12(7-11(10)14(17)19-18-9)16(15(21)20(13)2)3-5-22-6-4-16/h7-8H,3-6H2,1-2H3. The van der Waals surface area contributed by atoms with Crippen LogP contribution in [0.3, 0.4) is 0 Å². The number of rotatable bonds is 0. The lowest BCUT2D eigenvalue weighted by molar-refractivity contribution is -0.126. The number of halogens is 1. The molecule has 0 saturated carbocycles. The molecule has 0 N–H and O–H groups in total. The molecule has 4 rings (SSSR count). The number of hydrogen-bond acceptors (Lipinski definition) is 4. The number of ether oxygens (including phenoxy) is 1. The molecule has 2 aliphatic rings. The van der Waals surface area contributed by atoms with E-state index in [4.69, 9.17) is 16.3 Å². The molecule has 6 heteroatoms. The van der Waals surface area contributed by atoms with Crippen LogP contribution in [-0.2, 0) is 14.9 Å². The number of hydrogen-bond donors (Lipinski definition) is 0. The summed E-state index contributed by atoms with van der Waals surface area (Å²) >= 11 is 6.23. The summed E-state index contributed by atoms with van der Waals surface area (Å²) in [6.07, 6.45) is 1.42. The Labute approximate surface area is 133 Å². The predicted octanol–water partition coefficient (Wildman–Crippen LogP) is 2.62. The first-order valence-corrected chi connectivity index (χ1v) is 7.75. The molecule has 1 fully saturated rings. The maximum absolute atomic E-state index is 12.9. The fourth-order valence-corrected chi connectivity index (χ4v) is 3.89. The van der Waals surface area contributed by atoms with E-state index in [1.54, 1.807) is 4.90 Å². The van der Waals surface area contributed by atoms with Crippen molar-refractivity contribution >= 4 is 34.0 Å². The summed E-state index contributed by atoms with van der Waals surface area (Å²) in [5.41, 5.74) is 2.34. The fourth-order valence-electron chi connectivity index (χ4n) is 3.69. The minimum Gasteiger partial charge on any atom is -0.381 e. The Kier molecular flexibility index (Phi) is 2.93. The number of benzene rings is 1. The molecule has 2 aliphatic heterocycles. The van der Waals surface area contributed by atoms with Crippen LogP contribution < -0.4 is 4.90 Å². The van der Waals surface area contributed by atoms with E-state index in [0.29, 0.717) is 31.2 Å². The molecule has 5 nitrogen and oxygen atoms in total. The molecule has 22 heavy (non-hydrogen) atoms. The van der Waals surface area contributed by atoms with Gasteiger partial charge in [-0.2, -0.15) is 5.10 Å². The molecule has 1 aromatic carbocycles. The molecular weight excluding hydrogens is 302 g/mol. The van der Waals surface area contributed by atoms with Gasteiger partial charge >= 0.3 is 0 Å². The highest BCUT2D eigenvalue weighted by molar-refractivity contribution is 6.34. The minimum atomic E-state index is -0.475. The number of carbonyl (C=O) groups is 1. The second kappa shape index (κ2) is 4.64. The molecule has 3 heterocycles. The number of nitrogens with zero attached hydrogens (tertiary/aromatic N) is 3. The van der Waals surface area contributed by atoms with Crippen molar-refractivity contribution in [1.29, 1.82) is 0 Å². The zero-order chi connectivity index (χ0) is 15.5. The van der Waals surface area contributed by atoms with Gasteiger partial charge in [-0.1, -0.05) is 11.6 Å². The van der Waals surface area contributed by atoms with E-state index in [9.17, 15) is 4.79 Å². The van der Waals surface area contributed by atoms with E-state index < -0.39 is 5.41 Å². The molecule has 0 aliphatic carbocycles. The van der Waals surface area contributed by atoms with Crippen LogP contribution in [0.2, 0.25) is 5.15 Å². The van der Waals surface area contributed by atoms with Crippen LogP contribution in [0.5, 0.6) is 0 Å². The van der Waals surface area contributed by atoms with Gasteiger partial charge in [0.25, 0.3) is 0 Å². The lowest BCUT2D eigenvalue weighted by atomic mass is 9.75. The molecule has 0 radical (unpaired) electrons. The van der Waals surface area contributed by atoms with Crippen LogP contribution in [0.25, 0.3) is 10.8 Å². The summed E-state index contributed by atoms with van der Waals surface area (Å²) in [7, 11) is 1.84. The van der Waals surface area contributed by atoms with Gasteiger partial charge in [-0.15, -0.1) is 5.10 Å². The van der Waals surface area contributed by atoms with Crippen molar-refractivity contribution in [2.24, 2.45) is 0 Å². The summed E-state index contributed by atoms with van der Waals surface area (Å²) in [5.74, 6) is 0.149. The number of aromatic nitrogens is 2. The molecule has 1 spiro atoms. The highest BCUT2D eigenvalue weighted by Crippen LogP contribution is 2.49. The third-order valence-corrected chi connectivity index (χ3v) is 5.25. The third-order valence-electron chi connectivity index (χ3n) is 4.97. The third kappa shape index (κ3) is 1.66. The molecule has 1 aromatic heterocycles.